The van der Waals surface area contributed by atoms with Gasteiger partial charge >= 0.3 is 0 Å². The lowest BCUT2D eigenvalue weighted by Crippen LogP contribution is -2.37. The van der Waals surface area contributed by atoms with Crippen LogP contribution >= 0.6 is 11.6 Å². The Morgan fingerprint density at radius 2 is 2.24 bits per heavy atom. The van der Waals surface area contributed by atoms with Crippen molar-refractivity contribution in [2.45, 2.75) is 31.3 Å². The third-order valence-corrected chi connectivity index (χ3v) is 4.12. The first kappa shape index (κ1) is 14.2. The predicted octanol–water partition coefficient (Wildman–Crippen LogP) is 1.61. The number of hydrogen-bond acceptors (Lipinski definition) is 5. The molecule has 21 heavy (non-hydrogen) atoms. The fraction of sp³-hybridized carbons (Fsp3) is 0.538. The van der Waals surface area contributed by atoms with Crippen LogP contribution in [0.1, 0.15) is 29.6 Å². The number of likely N-dealkylation sites (tertiary alicyclic amines) is 1. The number of aromatic nitrogens is 1. The number of carbonyl (C=O) groups excluding carboxylic acids is 1. The first-order valence-electron chi connectivity index (χ1n) is 6.89. The van der Waals surface area contributed by atoms with Crippen LogP contribution in [-0.4, -0.2) is 45.9 Å². The van der Waals surface area contributed by atoms with Crippen molar-refractivity contribution in [3.63, 3.8) is 0 Å². The Balaban J connectivity index is 1.70. The summed E-state index contributed by atoms with van der Waals surface area (Å²) in [6, 6.07) is 1.93. The Kier molecular flexibility index (Phi) is 3.77. The SMILES string of the molecule is O=C(NC1CCN(C2CC2)C1)c1cc(Cl)ncc1[N+](=O)[O-]. The van der Waals surface area contributed by atoms with Gasteiger partial charge in [0.15, 0.2) is 0 Å². The molecular weight excluding hydrogens is 296 g/mol. The van der Waals surface area contributed by atoms with Crippen molar-refractivity contribution in [1.29, 1.82) is 0 Å². The number of amides is 1. The van der Waals surface area contributed by atoms with Gasteiger partial charge in [-0.1, -0.05) is 11.6 Å². The molecule has 1 atom stereocenters. The highest BCUT2D eigenvalue weighted by molar-refractivity contribution is 6.29. The second-order valence-corrected chi connectivity index (χ2v) is 5.85. The summed E-state index contributed by atoms with van der Waals surface area (Å²) in [6.45, 7) is 1.78. The van der Waals surface area contributed by atoms with E-state index in [1.54, 1.807) is 0 Å². The van der Waals surface area contributed by atoms with E-state index in [9.17, 15) is 14.9 Å². The third-order valence-electron chi connectivity index (χ3n) is 3.91. The molecule has 1 aromatic heterocycles. The Labute approximate surface area is 126 Å². The maximum Gasteiger partial charge on any atom is 0.300 e. The largest absolute Gasteiger partial charge is 0.348 e. The highest BCUT2D eigenvalue weighted by atomic mass is 35.5. The Morgan fingerprint density at radius 3 is 2.90 bits per heavy atom. The van der Waals surface area contributed by atoms with Crippen molar-refractivity contribution < 1.29 is 9.72 Å². The molecule has 1 N–H and O–H groups in total. The van der Waals surface area contributed by atoms with Crippen LogP contribution in [0.4, 0.5) is 5.69 Å². The van der Waals surface area contributed by atoms with Crippen LogP contribution < -0.4 is 5.32 Å². The summed E-state index contributed by atoms with van der Waals surface area (Å²) < 4.78 is 0. The lowest BCUT2D eigenvalue weighted by atomic mass is 10.2. The number of nitrogens with one attached hydrogen (secondary N) is 1. The van der Waals surface area contributed by atoms with E-state index < -0.39 is 10.8 Å². The smallest absolute Gasteiger partial charge is 0.300 e. The maximum atomic E-state index is 12.2. The lowest BCUT2D eigenvalue weighted by molar-refractivity contribution is -0.385. The number of nitro groups is 1. The van der Waals surface area contributed by atoms with Gasteiger partial charge < -0.3 is 5.32 Å². The molecule has 7 nitrogen and oxygen atoms in total. The molecule has 8 heteroatoms. The predicted molar refractivity (Wildman–Crippen MR) is 76.4 cm³/mol. The zero-order chi connectivity index (χ0) is 15.0. The van der Waals surface area contributed by atoms with Gasteiger partial charge in [0.05, 0.1) is 4.92 Å². The molecule has 0 radical (unpaired) electrons. The molecule has 2 heterocycles. The van der Waals surface area contributed by atoms with E-state index in [1.807, 2.05) is 0 Å². The van der Waals surface area contributed by atoms with Gasteiger partial charge in [0, 0.05) is 25.2 Å². The number of hydrogen-bond donors (Lipinski definition) is 1. The molecule has 0 spiro atoms. The van der Waals surface area contributed by atoms with Crippen molar-refractivity contribution in [2.75, 3.05) is 13.1 Å². The summed E-state index contributed by atoms with van der Waals surface area (Å²) >= 11 is 5.73. The summed E-state index contributed by atoms with van der Waals surface area (Å²) in [5.74, 6) is -0.464. The second kappa shape index (κ2) is 5.57. The Morgan fingerprint density at radius 1 is 1.48 bits per heavy atom. The summed E-state index contributed by atoms with van der Waals surface area (Å²) in [5, 5.41) is 13.9. The second-order valence-electron chi connectivity index (χ2n) is 5.47. The molecule has 2 aliphatic rings. The molecule has 112 valence electrons. The van der Waals surface area contributed by atoms with Crippen LogP contribution in [-0.2, 0) is 0 Å². The van der Waals surface area contributed by atoms with Crippen LogP contribution in [0.15, 0.2) is 12.3 Å². The van der Waals surface area contributed by atoms with E-state index in [0.717, 1.165) is 25.7 Å². The zero-order valence-corrected chi connectivity index (χ0v) is 12.0. The standard InChI is InChI=1S/C13H15ClN4O3/c14-12-5-10(11(6-15-12)18(20)21)13(19)16-8-3-4-17(7-8)9-1-2-9/h5-6,8-9H,1-4,7H2,(H,16,19). The molecular formula is C13H15ClN4O3. The number of nitrogens with zero attached hydrogens (tertiary/aromatic N) is 3. The van der Waals surface area contributed by atoms with Gasteiger partial charge in [-0.15, -0.1) is 0 Å². The zero-order valence-electron chi connectivity index (χ0n) is 11.3. The van der Waals surface area contributed by atoms with E-state index in [1.165, 1.54) is 18.9 Å². The fourth-order valence-corrected chi connectivity index (χ4v) is 2.85. The molecule has 1 aliphatic carbocycles. The van der Waals surface area contributed by atoms with Crippen molar-refractivity contribution in [3.05, 3.63) is 33.1 Å². The first-order chi connectivity index (χ1) is 10.0. The van der Waals surface area contributed by atoms with E-state index in [-0.39, 0.29) is 22.4 Å². The van der Waals surface area contributed by atoms with Crippen LogP contribution in [0, 0.1) is 10.1 Å². The molecule has 3 rings (SSSR count). The topological polar surface area (TPSA) is 88.4 Å². The molecule has 0 aromatic carbocycles. The Hall–Kier alpha value is -1.73. The number of halogens is 1. The average molecular weight is 311 g/mol. The number of carbonyl (C=O) groups is 1. The number of rotatable bonds is 4. The minimum absolute atomic E-state index is 0.0321. The van der Waals surface area contributed by atoms with Gasteiger partial charge in [0.2, 0.25) is 0 Å². The summed E-state index contributed by atoms with van der Waals surface area (Å²) in [4.78, 5) is 28.6. The summed E-state index contributed by atoms with van der Waals surface area (Å²) in [6.07, 6.45) is 4.34. The van der Waals surface area contributed by atoms with E-state index in [0.29, 0.717) is 6.04 Å². The van der Waals surface area contributed by atoms with Crippen LogP contribution in [0.3, 0.4) is 0 Å². The van der Waals surface area contributed by atoms with Gasteiger partial charge in [-0.25, -0.2) is 4.98 Å². The summed E-state index contributed by atoms with van der Waals surface area (Å²) in [5.41, 5.74) is -0.362. The molecule has 1 amide bonds. The highest BCUT2D eigenvalue weighted by Gasteiger charge is 2.35. The molecule has 1 unspecified atom stereocenters. The van der Waals surface area contributed by atoms with Crippen LogP contribution in [0.25, 0.3) is 0 Å². The van der Waals surface area contributed by atoms with Crippen molar-refractivity contribution >= 4 is 23.2 Å². The van der Waals surface area contributed by atoms with Gasteiger partial charge in [0.25, 0.3) is 11.6 Å². The molecule has 1 aromatic rings. The molecule has 1 saturated heterocycles. The molecule has 1 saturated carbocycles. The quantitative estimate of drug-likeness (QED) is 0.518. The van der Waals surface area contributed by atoms with Gasteiger partial charge in [-0.2, -0.15) is 0 Å². The van der Waals surface area contributed by atoms with Gasteiger partial charge in [0.1, 0.15) is 16.9 Å². The average Bonchev–Trinajstić information content (AvgIpc) is 3.19. The summed E-state index contributed by atoms with van der Waals surface area (Å²) in [7, 11) is 0. The van der Waals surface area contributed by atoms with Gasteiger partial charge in [-0.3, -0.25) is 19.8 Å². The molecule has 1 aliphatic heterocycles. The highest BCUT2D eigenvalue weighted by Crippen LogP contribution is 2.30. The van der Waals surface area contributed by atoms with Crippen molar-refractivity contribution in [3.8, 4) is 0 Å². The minimum Gasteiger partial charge on any atom is -0.348 e. The molecule has 2 fully saturated rings. The first-order valence-corrected chi connectivity index (χ1v) is 7.27. The normalized spacial score (nSPS) is 22.2. The number of pyridine rings is 1. The van der Waals surface area contributed by atoms with Gasteiger partial charge in [-0.05, 0) is 25.3 Å². The third kappa shape index (κ3) is 3.14. The fourth-order valence-electron chi connectivity index (χ4n) is 2.69. The minimum atomic E-state index is -0.622. The van der Waals surface area contributed by atoms with E-state index in [4.69, 9.17) is 11.6 Å². The van der Waals surface area contributed by atoms with Crippen LogP contribution in [0.5, 0.6) is 0 Å². The monoisotopic (exact) mass is 310 g/mol. The van der Waals surface area contributed by atoms with Crippen molar-refractivity contribution in [1.82, 2.24) is 15.2 Å². The lowest BCUT2D eigenvalue weighted by Gasteiger charge is -2.15. The van der Waals surface area contributed by atoms with Crippen LogP contribution in [0.2, 0.25) is 5.15 Å². The molecule has 0 bridgehead atoms. The maximum absolute atomic E-state index is 12.2. The van der Waals surface area contributed by atoms with E-state index in [2.05, 4.69) is 15.2 Å². The van der Waals surface area contributed by atoms with E-state index >= 15 is 0 Å². The van der Waals surface area contributed by atoms with Crippen molar-refractivity contribution in [2.24, 2.45) is 0 Å². The Bertz CT molecular complexity index is 591.